The lowest BCUT2D eigenvalue weighted by Gasteiger charge is -2.06. The molecule has 106 valence electrons. The second-order valence-electron chi connectivity index (χ2n) is 3.96. The van der Waals surface area contributed by atoms with Crippen LogP contribution >= 0.6 is 0 Å². The van der Waals surface area contributed by atoms with E-state index in [-0.39, 0.29) is 30.6 Å². The van der Waals surface area contributed by atoms with Crippen molar-refractivity contribution in [3.05, 3.63) is 11.3 Å². The van der Waals surface area contributed by atoms with E-state index in [0.29, 0.717) is 24.4 Å². The van der Waals surface area contributed by atoms with Crippen LogP contribution in [-0.4, -0.2) is 48.8 Å². The van der Waals surface area contributed by atoms with E-state index >= 15 is 0 Å². The Hall–Kier alpha value is -2.09. The summed E-state index contributed by atoms with van der Waals surface area (Å²) < 4.78 is 4.80. The van der Waals surface area contributed by atoms with Crippen molar-refractivity contribution in [1.82, 2.24) is 20.8 Å². The smallest absolute Gasteiger partial charge is 0.256 e. The molecule has 0 atom stereocenters. The van der Waals surface area contributed by atoms with E-state index in [1.165, 1.54) is 0 Å². The van der Waals surface area contributed by atoms with Crippen LogP contribution < -0.4 is 16.4 Å². The third kappa shape index (κ3) is 4.59. The van der Waals surface area contributed by atoms with E-state index < -0.39 is 0 Å². The van der Waals surface area contributed by atoms with Crippen LogP contribution in [-0.2, 0) is 9.53 Å². The van der Waals surface area contributed by atoms with E-state index in [2.05, 4.69) is 20.8 Å². The molecule has 1 aromatic rings. The Kier molecular flexibility index (Phi) is 5.80. The Bertz CT molecular complexity index is 424. The lowest BCUT2D eigenvalue weighted by molar-refractivity contribution is -0.121. The molecule has 0 aliphatic heterocycles. The lowest BCUT2D eigenvalue weighted by atomic mass is 10.2. The highest BCUT2D eigenvalue weighted by Gasteiger charge is 2.15. The Morgan fingerprint density at radius 2 is 2.11 bits per heavy atom. The number of anilines is 1. The SMILES string of the molecule is COCCNC(=O)CCNC(=O)c1c(N)n[nH]c1C. The number of rotatable bonds is 7. The predicted octanol–water partition coefficient (Wildman–Crippen LogP) is -0.817. The van der Waals surface area contributed by atoms with Crippen molar-refractivity contribution in [3.8, 4) is 0 Å². The molecular formula is C11H19N5O3. The molecule has 0 aromatic carbocycles. The third-order valence-electron chi connectivity index (χ3n) is 2.47. The second-order valence-corrected chi connectivity index (χ2v) is 3.96. The predicted molar refractivity (Wildman–Crippen MR) is 69.6 cm³/mol. The van der Waals surface area contributed by atoms with Crippen molar-refractivity contribution >= 4 is 17.6 Å². The van der Waals surface area contributed by atoms with Gasteiger partial charge in [0.2, 0.25) is 5.91 Å². The number of amides is 2. The maximum atomic E-state index is 11.8. The maximum Gasteiger partial charge on any atom is 0.256 e. The highest BCUT2D eigenvalue weighted by molar-refractivity contribution is 5.99. The van der Waals surface area contributed by atoms with Crippen molar-refractivity contribution in [2.75, 3.05) is 32.5 Å². The summed E-state index contributed by atoms with van der Waals surface area (Å²) in [6, 6.07) is 0. The van der Waals surface area contributed by atoms with Crippen LogP contribution in [0.5, 0.6) is 0 Å². The Balaban J connectivity index is 2.30. The average molecular weight is 269 g/mol. The first-order valence-corrected chi connectivity index (χ1v) is 5.90. The summed E-state index contributed by atoms with van der Waals surface area (Å²) in [5.41, 5.74) is 6.47. The molecule has 0 saturated heterocycles. The van der Waals surface area contributed by atoms with E-state index in [9.17, 15) is 9.59 Å². The van der Waals surface area contributed by atoms with Gasteiger partial charge >= 0.3 is 0 Å². The van der Waals surface area contributed by atoms with Crippen LogP contribution in [0.15, 0.2) is 0 Å². The van der Waals surface area contributed by atoms with Crippen molar-refractivity contribution in [3.63, 3.8) is 0 Å². The molecule has 0 spiro atoms. The molecule has 0 aliphatic rings. The molecule has 1 heterocycles. The first-order chi connectivity index (χ1) is 9.06. The first kappa shape index (κ1) is 15.0. The molecule has 8 heteroatoms. The summed E-state index contributed by atoms with van der Waals surface area (Å²) in [6.45, 7) is 2.86. The number of methoxy groups -OCH3 is 1. The van der Waals surface area contributed by atoms with Gasteiger partial charge in [-0.1, -0.05) is 0 Å². The van der Waals surface area contributed by atoms with Gasteiger partial charge in [0.15, 0.2) is 5.82 Å². The van der Waals surface area contributed by atoms with Crippen LogP contribution in [0.4, 0.5) is 5.82 Å². The van der Waals surface area contributed by atoms with Crippen LogP contribution in [0, 0.1) is 6.92 Å². The Labute approximate surface area is 111 Å². The van der Waals surface area contributed by atoms with E-state index in [1.807, 2.05) is 0 Å². The van der Waals surface area contributed by atoms with Crippen LogP contribution in [0.3, 0.4) is 0 Å². The summed E-state index contributed by atoms with van der Waals surface area (Å²) in [7, 11) is 1.56. The summed E-state index contributed by atoms with van der Waals surface area (Å²) >= 11 is 0. The van der Waals surface area contributed by atoms with Crippen molar-refractivity contribution < 1.29 is 14.3 Å². The molecular weight excluding hydrogens is 250 g/mol. The van der Waals surface area contributed by atoms with Gasteiger partial charge in [-0.3, -0.25) is 14.7 Å². The van der Waals surface area contributed by atoms with Gasteiger partial charge in [0, 0.05) is 32.3 Å². The number of ether oxygens (including phenoxy) is 1. The van der Waals surface area contributed by atoms with Gasteiger partial charge in [-0.15, -0.1) is 0 Å². The first-order valence-electron chi connectivity index (χ1n) is 5.90. The fraction of sp³-hybridized carbons (Fsp3) is 0.545. The van der Waals surface area contributed by atoms with Gasteiger partial charge in [-0.05, 0) is 6.92 Å². The third-order valence-corrected chi connectivity index (χ3v) is 2.47. The quantitative estimate of drug-likeness (QED) is 0.482. The van der Waals surface area contributed by atoms with Crippen molar-refractivity contribution in [2.24, 2.45) is 0 Å². The van der Waals surface area contributed by atoms with Crippen molar-refractivity contribution in [2.45, 2.75) is 13.3 Å². The fourth-order valence-electron chi connectivity index (χ4n) is 1.49. The molecule has 0 radical (unpaired) electrons. The number of aryl methyl sites for hydroxylation is 1. The van der Waals surface area contributed by atoms with E-state index in [0.717, 1.165) is 0 Å². The standard InChI is InChI=1S/C11H19N5O3/c1-7-9(10(12)16-15-7)11(18)14-4-3-8(17)13-5-6-19-2/h3-6H2,1-2H3,(H,13,17)(H,14,18)(H3,12,15,16). The van der Waals surface area contributed by atoms with Gasteiger partial charge in [0.05, 0.1) is 6.61 Å². The van der Waals surface area contributed by atoms with Crippen LogP contribution in [0.2, 0.25) is 0 Å². The van der Waals surface area contributed by atoms with Gasteiger partial charge in [0.1, 0.15) is 5.56 Å². The van der Waals surface area contributed by atoms with Crippen molar-refractivity contribution in [1.29, 1.82) is 0 Å². The van der Waals surface area contributed by atoms with Gasteiger partial charge in [-0.2, -0.15) is 5.10 Å². The fourth-order valence-corrected chi connectivity index (χ4v) is 1.49. The Morgan fingerprint density at radius 1 is 1.37 bits per heavy atom. The number of carbonyl (C=O) groups excluding carboxylic acids is 2. The molecule has 2 amide bonds. The zero-order chi connectivity index (χ0) is 14.3. The number of aromatic amines is 1. The molecule has 0 saturated carbocycles. The zero-order valence-corrected chi connectivity index (χ0v) is 11.1. The Morgan fingerprint density at radius 3 is 2.68 bits per heavy atom. The van der Waals surface area contributed by atoms with E-state index in [4.69, 9.17) is 10.5 Å². The number of hydrogen-bond donors (Lipinski definition) is 4. The number of nitrogens with two attached hydrogens (primary N) is 1. The highest BCUT2D eigenvalue weighted by Crippen LogP contribution is 2.11. The zero-order valence-electron chi connectivity index (χ0n) is 11.1. The number of aromatic nitrogens is 2. The summed E-state index contributed by atoms with van der Waals surface area (Å²) in [6.07, 6.45) is 0.201. The number of hydrogen-bond acceptors (Lipinski definition) is 5. The lowest BCUT2D eigenvalue weighted by Crippen LogP contribution is -2.32. The summed E-state index contributed by atoms with van der Waals surface area (Å²) in [4.78, 5) is 23.1. The number of nitrogens with one attached hydrogen (secondary N) is 3. The topological polar surface area (TPSA) is 122 Å². The summed E-state index contributed by atoms with van der Waals surface area (Å²) in [5, 5.41) is 11.6. The molecule has 1 aromatic heterocycles. The highest BCUT2D eigenvalue weighted by atomic mass is 16.5. The number of carbonyl (C=O) groups is 2. The minimum atomic E-state index is -0.339. The van der Waals surface area contributed by atoms with Crippen LogP contribution in [0.25, 0.3) is 0 Å². The molecule has 19 heavy (non-hydrogen) atoms. The van der Waals surface area contributed by atoms with E-state index in [1.54, 1.807) is 14.0 Å². The number of H-pyrrole nitrogens is 1. The monoisotopic (exact) mass is 269 g/mol. The van der Waals surface area contributed by atoms with Gasteiger partial charge < -0.3 is 21.1 Å². The molecule has 0 aliphatic carbocycles. The maximum absolute atomic E-state index is 11.8. The average Bonchev–Trinajstić information content (AvgIpc) is 2.69. The number of nitrogens with zero attached hydrogens (tertiary/aromatic N) is 1. The summed E-state index contributed by atoms with van der Waals surface area (Å²) in [5.74, 6) is -0.331. The minimum absolute atomic E-state index is 0.144. The molecule has 0 unspecified atom stereocenters. The van der Waals surface area contributed by atoms with Crippen LogP contribution in [0.1, 0.15) is 22.5 Å². The number of nitrogen functional groups attached to an aromatic ring is 1. The molecule has 1 rings (SSSR count). The van der Waals surface area contributed by atoms with Gasteiger partial charge in [-0.25, -0.2) is 0 Å². The minimum Gasteiger partial charge on any atom is -0.383 e. The molecule has 8 nitrogen and oxygen atoms in total. The normalized spacial score (nSPS) is 10.2. The second kappa shape index (κ2) is 7.37. The molecule has 5 N–H and O–H groups in total. The van der Waals surface area contributed by atoms with Gasteiger partial charge in [0.25, 0.3) is 5.91 Å². The molecule has 0 bridgehead atoms. The molecule has 0 fully saturated rings. The largest absolute Gasteiger partial charge is 0.383 e.